The van der Waals surface area contributed by atoms with Crippen LogP contribution in [0.1, 0.15) is 10.4 Å². The number of rotatable bonds is 1. The Morgan fingerprint density at radius 2 is 2.42 bits per heavy atom. The van der Waals surface area contributed by atoms with Gasteiger partial charge in [-0.2, -0.15) is 0 Å². The Morgan fingerprint density at radius 3 is 3.17 bits per heavy atom. The summed E-state index contributed by atoms with van der Waals surface area (Å²) in [4.78, 5) is 17.4. The molecule has 2 aromatic heterocycles. The quantitative estimate of drug-likeness (QED) is 0.612. The van der Waals surface area contributed by atoms with Crippen LogP contribution >= 0.6 is 0 Å². The summed E-state index contributed by atoms with van der Waals surface area (Å²) in [6, 6.07) is 1.69. The van der Waals surface area contributed by atoms with Gasteiger partial charge in [0.2, 0.25) is 0 Å². The summed E-state index contributed by atoms with van der Waals surface area (Å²) < 4.78 is 0. The monoisotopic (exact) mass is 161 g/mol. The number of nitrogen functional groups attached to an aromatic ring is 1. The SMILES string of the molecule is Nc1ccnc2c(C=O)c[nH]c12. The van der Waals surface area contributed by atoms with Crippen LogP contribution in [0, 0.1) is 0 Å². The molecule has 0 radical (unpaired) electrons. The highest BCUT2D eigenvalue weighted by molar-refractivity contribution is 5.98. The zero-order valence-electron chi connectivity index (χ0n) is 6.24. The van der Waals surface area contributed by atoms with E-state index in [1.54, 1.807) is 18.5 Å². The van der Waals surface area contributed by atoms with Gasteiger partial charge in [-0.3, -0.25) is 9.78 Å². The van der Waals surface area contributed by atoms with E-state index in [2.05, 4.69) is 9.97 Å². The number of pyridine rings is 1. The first-order chi connectivity index (χ1) is 5.83. The topological polar surface area (TPSA) is 71.8 Å². The van der Waals surface area contributed by atoms with Crippen molar-refractivity contribution in [3.63, 3.8) is 0 Å². The zero-order chi connectivity index (χ0) is 8.55. The van der Waals surface area contributed by atoms with Crippen molar-refractivity contribution in [2.75, 3.05) is 5.73 Å². The van der Waals surface area contributed by atoms with Crippen molar-refractivity contribution in [2.45, 2.75) is 0 Å². The van der Waals surface area contributed by atoms with Crippen molar-refractivity contribution < 1.29 is 4.79 Å². The largest absolute Gasteiger partial charge is 0.397 e. The molecule has 0 amide bonds. The second-order valence-electron chi connectivity index (χ2n) is 2.49. The van der Waals surface area contributed by atoms with Gasteiger partial charge < -0.3 is 10.7 Å². The standard InChI is InChI=1S/C8H7N3O/c9-6-1-2-10-7-5(4-12)3-11-8(6)7/h1-4,11H,(H2,9,10). The lowest BCUT2D eigenvalue weighted by Gasteiger charge is -1.93. The van der Waals surface area contributed by atoms with Crippen LogP contribution in [0.5, 0.6) is 0 Å². The number of fused-ring (bicyclic) bond motifs is 1. The lowest BCUT2D eigenvalue weighted by Crippen LogP contribution is -1.87. The molecule has 0 fully saturated rings. The Balaban J connectivity index is 2.88. The van der Waals surface area contributed by atoms with E-state index in [1.165, 1.54) is 0 Å². The predicted octanol–water partition coefficient (Wildman–Crippen LogP) is 0.958. The smallest absolute Gasteiger partial charge is 0.153 e. The Hall–Kier alpha value is -1.84. The van der Waals surface area contributed by atoms with E-state index in [0.717, 1.165) is 11.8 Å². The molecule has 0 saturated carbocycles. The van der Waals surface area contributed by atoms with E-state index in [-0.39, 0.29) is 0 Å². The fraction of sp³-hybridized carbons (Fsp3) is 0. The zero-order valence-corrected chi connectivity index (χ0v) is 6.24. The summed E-state index contributed by atoms with van der Waals surface area (Å²) in [6.07, 6.45) is 3.94. The fourth-order valence-electron chi connectivity index (χ4n) is 1.16. The average molecular weight is 161 g/mol. The fourth-order valence-corrected chi connectivity index (χ4v) is 1.16. The molecule has 0 aromatic carbocycles. The average Bonchev–Trinajstić information content (AvgIpc) is 2.49. The molecule has 0 saturated heterocycles. The molecule has 3 N–H and O–H groups in total. The minimum atomic E-state index is 0.539. The highest BCUT2D eigenvalue weighted by Crippen LogP contribution is 2.18. The van der Waals surface area contributed by atoms with Crippen LogP contribution in [-0.2, 0) is 0 Å². The third-order valence-corrected chi connectivity index (χ3v) is 1.76. The Labute approximate surface area is 68.4 Å². The molecule has 0 aliphatic carbocycles. The summed E-state index contributed by atoms with van der Waals surface area (Å²) in [5, 5.41) is 0. The van der Waals surface area contributed by atoms with Gasteiger partial charge in [-0.1, -0.05) is 0 Å². The van der Waals surface area contributed by atoms with Gasteiger partial charge in [0.05, 0.1) is 16.8 Å². The van der Waals surface area contributed by atoms with Crippen LogP contribution in [0.4, 0.5) is 5.69 Å². The number of aromatic nitrogens is 2. The molecule has 0 atom stereocenters. The molecular formula is C8H7N3O. The Morgan fingerprint density at radius 1 is 1.58 bits per heavy atom. The first-order valence-electron chi connectivity index (χ1n) is 3.49. The lowest BCUT2D eigenvalue weighted by molar-refractivity contribution is 0.112. The van der Waals surface area contributed by atoms with Crippen molar-refractivity contribution in [3.05, 3.63) is 24.0 Å². The first kappa shape index (κ1) is 6.84. The van der Waals surface area contributed by atoms with Gasteiger partial charge in [-0.25, -0.2) is 0 Å². The van der Waals surface area contributed by atoms with Crippen molar-refractivity contribution in [1.82, 2.24) is 9.97 Å². The molecule has 4 heteroatoms. The number of nitrogens with one attached hydrogen (secondary N) is 1. The summed E-state index contributed by atoms with van der Waals surface area (Å²) in [6.45, 7) is 0. The summed E-state index contributed by atoms with van der Waals surface area (Å²) in [7, 11) is 0. The van der Waals surface area contributed by atoms with Gasteiger partial charge in [-0.05, 0) is 6.07 Å². The number of H-pyrrole nitrogens is 1. The van der Waals surface area contributed by atoms with Crippen molar-refractivity contribution >= 4 is 23.0 Å². The van der Waals surface area contributed by atoms with E-state index in [1.807, 2.05) is 0 Å². The predicted molar refractivity (Wildman–Crippen MR) is 45.9 cm³/mol. The maximum atomic E-state index is 10.5. The summed E-state index contributed by atoms with van der Waals surface area (Å²) in [5.41, 5.74) is 8.13. The maximum Gasteiger partial charge on any atom is 0.153 e. The molecule has 0 bridgehead atoms. The minimum absolute atomic E-state index is 0.539. The molecular weight excluding hydrogens is 154 g/mol. The second kappa shape index (κ2) is 2.34. The number of nitrogens with zero attached hydrogens (tertiary/aromatic N) is 1. The normalized spacial score (nSPS) is 10.3. The van der Waals surface area contributed by atoms with Gasteiger partial charge in [0.25, 0.3) is 0 Å². The number of aromatic amines is 1. The molecule has 2 aromatic rings. The molecule has 0 spiro atoms. The Bertz CT molecular complexity index is 433. The third-order valence-electron chi connectivity index (χ3n) is 1.76. The maximum absolute atomic E-state index is 10.5. The number of aldehydes is 1. The van der Waals surface area contributed by atoms with Crippen LogP contribution < -0.4 is 5.73 Å². The molecule has 2 rings (SSSR count). The molecule has 0 unspecified atom stereocenters. The molecule has 12 heavy (non-hydrogen) atoms. The number of carbonyl (C=O) groups excluding carboxylic acids is 1. The summed E-state index contributed by atoms with van der Waals surface area (Å²) >= 11 is 0. The minimum Gasteiger partial charge on any atom is -0.397 e. The second-order valence-corrected chi connectivity index (χ2v) is 2.49. The molecule has 0 aliphatic heterocycles. The molecule has 0 aliphatic rings. The van der Waals surface area contributed by atoms with Crippen LogP contribution in [0.15, 0.2) is 18.5 Å². The van der Waals surface area contributed by atoms with Gasteiger partial charge in [-0.15, -0.1) is 0 Å². The van der Waals surface area contributed by atoms with Crippen LogP contribution in [-0.4, -0.2) is 16.3 Å². The van der Waals surface area contributed by atoms with Crippen molar-refractivity contribution in [3.8, 4) is 0 Å². The molecule has 2 heterocycles. The number of nitrogens with two attached hydrogens (primary N) is 1. The van der Waals surface area contributed by atoms with E-state index in [4.69, 9.17) is 5.73 Å². The van der Waals surface area contributed by atoms with Crippen LogP contribution in [0.3, 0.4) is 0 Å². The summed E-state index contributed by atoms with van der Waals surface area (Å²) in [5.74, 6) is 0. The first-order valence-corrected chi connectivity index (χ1v) is 3.49. The number of hydrogen-bond acceptors (Lipinski definition) is 3. The van der Waals surface area contributed by atoms with E-state index < -0.39 is 0 Å². The van der Waals surface area contributed by atoms with Gasteiger partial charge >= 0.3 is 0 Å². The van der Waals surface area contributed by atoms with E-state index in [9.17, 15) is 4.79 Å². The van der Waals surface area contributed by atoms with Crippen LogP contribution in [0.2, 0.25) is 0 Å². The lowest BCUT2D eigenvalue weighted by atomic mass is 10.3. The third kappa shape index (κ3) is 0.780. The van der Waals surface area contributed by atoms with Gasteiger partial charge in [0.15, 0.2) is 6.29 Å². The van der Waals surface area contributed by atoms with E-state index >= 15 is 0 Å². The van der Waals surface area contributed by atoms with Crippen LogP contribution in [0.25, 0.3) is 11.0 Å². The number of anilines is 1. The Kier molecular flexibility index (Phi) is 1.33. The highest BCUT2D eigenvalue weighted by atomic mass is 16.1. The molecule has 60 valence electrons. The highest BCUT2D eigenvalue weighted by Gasteiger charge is 2.04. The van der Waals surface area contributed by atoms with Crippen molar-refractivity contribution in [2.24, 2.45) is 0 Å². The number of carbonyl (C=O) groups is 1. The van der Waals surface area contributed by atoms with Gasteiger partial charge in [0, 0.05) is 12.4 Å². The van der Waals surface area contributed by atoms with E-state index in [0.29, 0.717) is 16.8 Å². The van der Waals surface area contributed by atoms with Gasteiger partial charge in [0.1, 0.15) is 5.52 Å². The number of hydrogen-bond donors (Lipinski definition) is 2. The van der Waals surface area contributed by atoms with Crippen molar-refractivity contribution in [1.29, 1.82) is 0 Å². The molecule has 4 nitrogen and oxygen atoms in total.